The Balaban J connectivity index is 1.39. The maximum absolute atomic E-state index is 12.8. The number of fused-ring (bicyclic) bond motifs is 2. The van der Waals surface area contributed by atoms with Gasteiger partial charge in [0.2, 0.25) is 5.91 Å². The Bertz CT molecular complexity index is 843. The van der Waals surface area contributed by atoms with Gasteiger partial charge in [0.1, 0.15) is 0 Å². The first-order chi connectivity index (χ1) is 12.6. The molecule has 1 amide bonds. The van der Waals surface area contributed by atoms with Crippen LogP contribution in [-0.2, 0) is 35.5 Å². The number of amides is 1. The van der Waals surface area contributed by atoms with Gasteiger partial charge in [-0.3, -0.25) is 14.3 Å². The Morgan fingerprint density at radius 1 is 1.23 bits per heavy atom. The average Bonchev–Trinajstić information content (AvgIpc) is 3.23. The summed E-state index contributed by atoms with van der Waals surface area (Å²) < 4.78 is 1.91. The topological polar surface area (TPSA) is 75.4 Å². The third kappa shape index (κ3) is 3.36. The highest BCUT2D eigenvalue weighted by Gasteiger charge is 2.28. The molecule has 0 unspecified atom stereocenters. The van der Waals surface area contributed by atoms with E-state index in [-0.39, 0.29) is 12.3 Å². The first-order valence-electron chi connectivity index (χ1n) is 9.23. The standard InChI is InChI=1S/C20H23N3O3/c24-19(11-15-6-5-14-3-1-2-4-18(14)15)22-9-10-23-17(13-22)12-16(21-23)7-8-20(25)26/h1-4,12,15H,5-11,13H2,(H,25,26)/t15-/m0/s1. The summed E-state index contributed by atoms with van der Waals surface area (Å²) in [5.41, 5.74) is 4.50. The lowest BCUT2D eigenvalue weighted by molar-refractivity contribution is -0.137. The second-order valence-corrected chi connectivity index (χ2v) is 7.20. The first kappa shape index (κ1) is 16.8. The van der Waals surface area contributed by atoms with Crippen LogP contribution in [0.3, 0.4) is 0 Å². The number of carbonyl (C=O) groups is 2. The maximum atomic E-state index is 12.8. The zero-order chi connectivity index (χ0) is 18.1. The molecule has 136 valence electrons. The lowest BCUT2D eigenvalue weighted by Crippen LogP contribution is -2.38. The van der Waals surface area contributed by atoms with Gasteiger partial charge in [-0.2, -0.15) is 5.10 Å². The summed E-state index contributed by atoms with van der Waals surface area (Å²) in [6.07, 6.45) is 3.20. The van der Waals surface area contributed by atoms with Gasteiger partial charge in [0.15, 0.2) is 0 Å². The van der Waals surface area contributed by atoms with Crippen LogP contribution in [0.4, 0.5) is 0 Å². The van der Waals surface area contributed by atoms with Crippen molar-refractivity contribution in [1.29, 1.82) is 0 Å². The predicted octanol–water partition coefficient (Wildman–Crippen LogP) is 2.36. The van der Waals surface area contributed by atoms with E-state index in [9.17, 15) is 9.59 Å². The molecule has 0 fully saturated rings. The zero-order valence-corrected chi connectivity index (χ0v) is 14.7. The Kier molecular flexibility index (Phi) is 4.49. The number of aromatic nitrogens is 2. The van der Waals surface area contributed by atoms with Gasteiger partial charge >= 0.3 is 5.97 Å². The van der Waals surface area contributed by atoms with Crippen LogP contribution in [0.5, 0.6) is 0 Å². The summed E-state index contributed by atoms with van der Waals surface area (Å²) >= 11 is 0. The average molecular weight is 353 g/mol. The SMILES string of the molecule is O=C(O)CCc1cc2n(n1)CCN(C(=O)C[C@@H]1CCc3ccccc31)C2. The lowest BCUT2D eigenvalue weighted by Gasteiger charge is -2.28. The second kappa shape index (κ2) is 6.94. The number of aryl methyl sites for hydroxylation is 2. The summed E-state index contributed by atoms with van der Waals surface area (Å²) in [6, 6.07) is 10.4. The molecule has 0 radical (unpaired) electrons. The molecule has 1 aliphatic heterocycles. The molecule has 1 atom stereocenters. The van der Waals surface area contributed by atoms with Crippen molar-refractivity contribution in [1.82, 2.24) is 14.7 Å². The molecule has 1 aromatic carbocycles. The Labute approximate surface area is 152 Å². The van der Waals surface area contributed by atoms with Crippen molar-refractivity contribution in [3.63, 3.8) is 0 Å². The molecule has 1 N–H and O–H groups in total. The number of hydrogen-bond donors (Lipinski definition) is 1. The van der Waals surface area contributed by atoms with Gasteiger partial charge in [-0.15, -0.1) is 0 Å². The van der Waals surface area contributed by atoms with E-state index in [1.54, 1.807) is 0 Å². The molecule has 0 bridgehead atoms. The van der Waals surface area contributed by atoms with Crippen LogP contribution in [0.2, 0.25) is 0 Å². The van der Waals surface area contributed by atoms with E-state index in [1.165, 1.54) is 11.1 Å². The molecule has 26 heavy (non-hydrogen) atoms. The van der Waals surface area contributed by atoms with Crippen LogP contribution < -0.4 is 0 Å². The fourth-order valence-corrected chi connectivity index (χ4v) is 4.09. The summed E-state index contributed by atoms with van der Waals surface area (Å²) in [5, 5.41) is 13.3. The summed E-state index contributed by atoms with van der Waals surface area (Å²) in [5.74, 6) is -0.285. The van der Waals surface area contributed by atoms with Crippen LogP contribution in [-0.4, -0.2) is 38.2 Å². The molecular formula is C20H23N3O3. The van der Waals surface area contributed by atoms with E-state index in [4.69, 9.17) is 5.11 Å². The molecule has 0 saturated heterocycles. The largest absolute Gasteiger partial charge is 0.481 e. The van der Waals surface area contributed by atoms with E-state index in [0.717, 1.165) is 24.2 Å². The Morgan fingerprint density at radius 3 is 2.92 bits per heavy atom. The van der Waals surface area contributed by atoms with E-state index in [2.05, 4.69) is 29.4 Å². The molecule has 6 heteroatoms. The van der Waals surface area contributed by atoms with Crippen LogP contribution in [0, 0.1) is 0 Å². The first-order valence-corrected chi connectivity index (χ1v) is 9.23. The van der Waals surface area contributed by atoms with Crippen molar-refractivity contribution in [2.24, 2.45) is 0 Å². The highest BCUT2D eigenvalue weighted by Crippen LogP contribution is 2.35. The summed E-state index contributed by atoms with van der Waals surface area (Å²) in [7, 11) is 0. The number of carboxylic acids is 1. The number of benzene rings is 1. The minimum atomic E-state index is -0.815. The number of nitrogens with zero attached hydrogens (tertiary/aromatic N) is 3. The van der Waals surface area contributed by atoms with Crippen LogP contribution in [0.1, 0.15) is 47.7 Å². The van der Waals surface area contributed by atoms with Gasteiger partial charge in [0.25, 0.3) is 0 Å². The van der Waals surface area contributed by atoms with E-state index in [0.29, 0.717) is 38.4 Å². The smallest absolute Gasteiger partial charge is 0.303 e. The summed E-state index contributed by atoms with van der Waals surface area (Å²) in [6.45, 7) is 1.91. The van der Waals surface area contributed by atoms with Crippen LogP contribution in [0.25, 0.3) is 0 Å². The van der Waals surface area contributed by atoms with E-state index in [1.807, 2.05) is 15.6 Å². The van der Waals surface area contributed by atoms with Crippen molar-refractivity contribution in [3.05, 3.63) is 52.8 Å². The van der Waals surface area contributed by atoms with Gasteiger partial charge in [-0.05, 0) is 36.0 Å². The summed E-state index contributed by atoms with van der Waals surface area (Å²) in [4.78, 5) is 25.5. The molecule has 4 rings (SSSR count). The van der Waals surface area contributed by atoms with Crippen molar-refractivity contribution < 1.29 is 14.7 Å². The van der Waals surface area contributed by atoms with Gasteiger partial charge in [0, 0.05) is 19.4 Å². The Hall–Kier alpha value is -2.63. The van der Waals surface area contributed by atoms with Crippen LogP contribution >= 0.6 is 0 Å². The van der Waals surface area contributed by atoms with Gasteiger partial charge in [0.05, 0.1) is 30.9 Å². The highest BCUT2D eigenvalue weighted by atomic mass is 16.4. The van der Waals surface area contributed by atoms with Gasteiger partial charge < -0.3 is 10.0 Å². The normalized spacial score (nSPS) is 18.5. The molecule has 2 aromatic rings. The minimum absolute atomic E-state index is 0.0835. The molecule has 0 spiro atoms. The zero-order valence-electron chi connectivity index (χ0n) is 14.7. The molecule has 2 aliphatic rings. The number of hydrogen-bond acceptors (Lipinski definition) is 3. The Morgan fingerprint density at radius 2 is 2.08 bits per heavy atom. The van der Waals surface area contributed by atoms with Crippen molar-refractivity contribution >= 4 is 11.9 Å². The van der Waals surface area contributed by atoms with E-state index >= 15 is 0 Å². The third-order valence-electron chi connectivity index (χ3n) is 5.47. The third-order valence-corrected chi connectivity index (χ3v) is 5.47. The number of carboxylic acid groups (broad SMARTS) is 1. The number of aliphatic carboxylic acids is 1. The van der Waals surface area contributed by atoms with E-state index < -0.39 is 5.97 Å². The molecule has 6 nitrogen and oxygen atoms in total. The minimum Gasteiger partial charge on any atom is -0.481 e. The number of rotatable bonds is 5. The monoisotopic (exact) mass is 353 g/mol. The molecule has 2 heterocycles. The molecule has 1 aliphatic carbocycles. The van der Waals surface area contributed by atoms with Crippen molar-refractivity contribution in [2.45, 2.75) is 51.1 Å². The van der Waals surface area contributed by atoms with Crippen molar-refractivity contribution in [2.75, 3.05) is 6.54 Å². The second-order valence-electron chi connectivity index (χ2n) is 7.20. The molecular weight excluding hydrogens is 330 g/mol. The maximum Gasteiger partial charge on any atom is 0.303 e. The molecule has 0 saturated carbocycles. The van der Waals surface area contributed by atoms with Gasteiger partial charge in [-0.25, -0.2) is 0 Å². The predicted molar refractivity (Wildman–Crippen MR) is 95.7 cm³/mol. The fourth-order valence-electron chi connectivity index (χ4n) is 4.09. The lowest BCUT2D eigenvalue weighted by atomic mass is 9.97. The fraction of sp³-hybridized carbons (Fsp3) is 0.450. The quantitative estimate of drug-likeness (QED) is 0.895. The number of carbonyl (C=O) groups excluding carboxylic acids is 1. The van der Waals surface area contributed by atoms with Crippen molar-refractivity contribution in [3.8, 4) is 0 Å². The highest BCUT2D eigenvalue weighted by molar-refractivity contribution is 5.77. The molecule has 1 aromatic heterocycles. The van der Waals surface area contributed by atoms with Crippen LogP contribution in [0.15, 0.2) is 30.3 Å². The van der Waals surface area contributed by atoms with Gasteiger partial charge in [-0.1, -0.05) is 24.3 Å².